The normalized spacial score (nSPS) is 11.8. The van der Waals surface area contributed by atoms with Crippen LogP contribution in [0.15, 0.2) is 24.3 Å². The Morgan fingerprint density at radius 1 is 1.31 bits per heavy atom. The lowest BCUT2D eigenvalue weighted by Crippen LogP contribution is -2.45. The molecule has 3 heteroatoms. The minimum absolute atomic E-state index is 0.0339. The van der Waals surface area contributed by atoms with Crippen LogP contribution >= 0.6 is 11.6 Å². The van der Waals surface area contributed by atoms with E-state index in [1.54, 1.807) is 12.1 Å². The first-order valence-corrected chi connectivity index (χ1v) is 6.24. The van der Waals surface area contributed by atoms with E-state index in [4.69, 9.17) is 11.6 Å². The van der Waals surface area contributed by atoms with E-state index in [0.29, 0.717) is 12.4 Å². The molecule has 0 atom stereocenters. The number of nitrogens with one attached hydrogen (secondary N) is 1. The topological polar surface area (TPSA) is 12.0 Å². The molecular weight excluding hydrogens is 225 g/mol. The summed E-state index contributed by atoms with van der Waals surface area (Å²) in [6, 6.07) is 6.66. The molecule has 16 heavy (non-hydrogen) atoms. The van der Waals surface area contributed by atoms with E-state index in [9.17, 15) is 4.39 Å². The standard InChI is InChI=1S/C13H19ClFN/c1-3-13(4-2,10-14)16-9-11-6-5-7-12(15)8-11/h5-8,16H,3-4,9-10H2,1-2H3. The highest BCUT2D eigenvalue weighted by Crippen LogP contribution is 2.18. The zero-order chi connectivity index (χ0) is 12.0. The van der Waals surface area contributed by atoms with Crippen molar-refractivity contribution in [2.45, 2.75) is 38.8 Å². The molecule has 0 unspecified atom stereocenters. The molecule has 0 aliphatic heterocycles. The van der Waals surface area contributed by atoms with Gasteiger partial charge in [0.25, 0.3) is 0 Å². The van der Waals surface area contributed by atoms with Crippen LogP contribution in [0.1, 0.15) is 32.3 Å². The van der Waals surface area contributed by atoms with Crippen LogP contribution in [-0.4, -0.2) is 11.4 Å². The Labute approximate surface area is 102 Å². The van der Waals surface area contributed by atoms with Crippen LogP contribution in [0.25, 0.3) is 0 Å². The van der Waals surface area contributed by atoms with Gasteiger partial charge in [-0.1, -0.05) is 26.0 Å². The quantitative estimate of drug-likeness (QED) is 0.751. The van der Waals surface area contributed by atoms with Crippen molar-refractivity contribution in [3.8, 4) is 0 Å². The molecule has 1 aromatic rings. The van der Waals surface area contributed by atoms with Crippen LogP contribution < -0.4 is 5.32 Å². The SMILES string of the molecule is CCC(CC)(CCl)NCc1cccc(F)c1. The summed E-state index contributed by atoms with van der Waals surface area (Å²) in [5, 5.41) is 3.43. The summed E-state index contributed by atoms with van der Waals surface area (Å²) < 4.78 is 13.0. The molecule has 0 saturated heterocycles. The van der Waals surface area contributed by atoms with Gasteiger partial charge >= 0.3 is 0 Å². The first-order valence-electron chi connectivity index (χ1n) is 5.71. The molecule has 1 nitrogen and oxygen atoms in total. The highest BCUT2D eigenvalue weighted by Gasteiger charge is 2.23. The van der Waals surface area contributed by atoms with Crippen LogP contribution in [0, 0.1) is 5.82 Å². The molecule has 0 aromatic heterocycles. The highest BCUT2D eigenvalue weighted by molar-refractivity contribution is 6.18. The van der Waals surface area contributed by atoms with Gasteiger partial charge in [-0.15, -0.1) is 11.6 Å². The average Bonchev–Trinajstić information content (AvgIpc) is 2.32. The Morgan fingerprint density at radius 2 is 2.00 bits per heavy atom. The molecular formula is C13H19ClFN. The van der Waals surface area contributed by atoms with Gasteiger partial charge in [0.1, 0.15) is 5.82 Å². The van der Waals surface area contributed by atoms with E-state index in [2.05, 4.69) is 19.2 Å². The summed E-state index contributed by atoms with van der Waals surface area (Å²) in [5.74, 6) is 0.388. The Balaban J connectivity index is 2.62. The maximum atomic E-state index is 13.0. The molecule has 0 heterocycles. The first kappa shape index (κ1) is 13.5. The molecule has 0 radical (unpaired) electrons. The third-order valence-electron chi connectivity index (χ3n) is 3.17. The molecule has 1 rings (SSSR count). The average molecular weight is 244 g/mol. The van der Waals surface area contributed by atoms with E-state index in [1.165, 1.54) is 6.07 Å². The lowest BCUT2D eigenvalue weighted by Gasteiger charge is -2.31. The minimum atomic E-state index is -0.191. The van der Waals surface area contributed by atoms with Crippen LogP contribution in [0.2, 0.25) is 0 Å². The zero-order valence-corrected chi connectivity index (χ0v) is 10.6. The number of benzene rings is 1. The summed E-state index contributed by atoms with van der Waals surface area (Å²) in [7, 11) is 0. The minimum Gasteiger partial charge on any atom is -0.306 e. The van der Waals surface area contributed by atoms with E-state index < -0.39 is 0 Å². The zero-order valence-electron chi connectivity index (χ0n) is 9.89. The second-order valence-corrected chi connectivity index (χ2v) is 4.37. The van der Waals surface area contributed by atoms with E-state index >= 15 is 0 Å². The molecule has 0 amide bonds. The van der Waals surface area contributed by atoms with Gasteiger partial charge in [-0.2, -0.15) is 0 Å². The molecule has 1 aromatic carbocycles. The van der Waals surface area contributed by atoms with Crippen molar-refractivity contribution in [3.63, 3.8) is 0 Å². The van der Waals surface area contributed by atoms with E-state index in [1.807, 2.05) is 6.07 Å². The Bertz CT molecular complexity index is 315. The number of alkyl halides is 1. The van der Waals surface area contributed by atoms with Crippen molar-refractivity contribution in [1.29, 1.82) is 0 Å². The van der Waals surface area contributed by atoms with Crippen molar-refractivity contribution in [2.24, 2.45) is 0 Å². The number of hydrogen-bond donors (Lipinski definition) is 1. The fourth-order valence-corrected chi connectivity index (χ4v) is 2.15. The smallest absolute Gasteiger partial charge is 0.123 e. The molecule has 0 fully saturated rings. The predicted octanol–water partition coefficient (Wildman–Crippen LogP) is 3.71. The van der Waals surface area contributed by atoms with Gasteiger partial charge in [0.15, 0.2) is 0 Å². The van der Waals surface area contributed by atoms with Gasteiger partial charge in [0.05, 0.1) is 0 Å². The predicted molar refractivity (Wildman–Crippen MR) is 67.3 cm³/mol. The summed E-state index contributed by atoms with van der Waals surface area (Å²) in [5.41, 5.74) is 0.921. The molecule has 0 spiro atoms. The van der Waals surface area contributed by atoms with Crippen molar-refractivity contribution in [2.75, 3.05) is 5.88 Å². The Hall–Kier alpha value is -0.600. The van der Waals surface area contributed by atoms with Gasteiger partial charge in [-0.25, -0.2) is 4.39 Å². The molecule has 0 bridgehead atoms. The second kappa shape index (κ2) is 6.21. The van der Waals surface area contributed by atoms with Crippen molar-refractivity contribution in [1.82, 2.24) is 5.32 Å². The molecule has 0 aliphatic rings. The van der Waals surface area contributed by atoms with Gasteiger partial charge in [0.2, 0.25) is 0 Å². The maximum Gasteiger partial charge on any atom is 0.123 e. The van der Waals surface area contributed by atoms with Gasteiger partial charge in [0, 0.05) is 18.0 Å². The van der Waals surface area contributed by atoms with Gasteiger partial charge in [-0.3, -0.25) is 0 Å². The second-order valence-electron chi connectivity index (χ2n) is 4.10. The fourth-order valence-electron chi connectivity index (χ4n) is 1.67. The van der Waals surface area contributed by atoms with Crippen molar-refractivity contribution < 1.29 is 4.39 Å². The lowest BCUT2D eigenvalue weighted by atomic mass is 9.95. The summed E-state index contributed by atoms with van der Waals surface area (Å²) in [6.07, 6.45) is 1.95. The van der Waals surface area contributed by atoms with Crippen molar-refractivity contribution >= 4 is 11.6 Å². The third-order valence-corrected chi connectivity index (χ3v) is 3.68. The van der Waals surface area contributed by atoms with Crippen molar-refractivity contribution in [3.05, 3.63) is 35.6 Å². The summed E-state index contributed by atoms with van der Waals surface area (Å²) >= 11 is 5.99. The number of rotatable bonds is 6. The maximum absolute atomic E-state index is 13.0. The Kier molecular flexibility index (Phi) is 5.23. The molecule has 90 valence electrons. The summed E-state index contributed by atoms with van der Waals surface area (Å²) in [4.78, 5) is 0. The summed E-state index contributed by atoms with van der Waals surface area (Å²) in [6.45, 7) is 4.89. The van der Waals surface area contributed by atoms with Crippen LogP contribution in [0.4, 0.5) is 4.39 Å². The van der Waals surface area contributed by atoms with E-state index in [-0.39, 0.29) is 11.4 Å². The highest BCUT2D eigenvalue weighted by atomic mass is 35.5. The third kappa shape index (κ3) is 3.46. The monoisotopic (exact) mass is 243 g/mol. The molecule has 1 N–H and O–H groups in total. The van der Waals surface area contributed by atoms with Crippen LogP contribution in [0.3, 0.4) is 0 Å². The largest absolute Gasteiger partial charge is 0.306 e. The van der Waals surface area contributed by atoms with Crippen LogP contribution in [-0.2, 0) is 6.54 Å². The van der Waals surface area contributed by atoms with Gasteiger partial charge in [-0.05, 0) is 30.5 Å². The number of halogens is 2. The fraction of sp³-hybridized carbons (Fsp3) is 0.538. The van der Waals surface area contributed by atoms with Gasteiger partial charge < -0.3 is 5.32 Å². The first-order chi connectivity index (χ1) is 7.65. The molecule has 0 saturated carbocycles. The number of hydrogen-bond acceptors (Lipinski definition) is 1. The molecule has 0 aliphatic carbocycles. The Morgan fingerprint density at radius 3 is 2.50 bits per heavy atom. The van der Waals surface area contributed by atoms with E-state index in [0.717, 1.165) is 18.4 Å². The lowest BCUT2D eigenvalue weighted by molar-refractivity contribution is 0.334. The van der Waals surface area contributed by atoms with Crippen LogP contribution in [0.5, 0.6) is 0 Å².